The SMILES string of the molecule is CC1CCC(C(=O)N2CCC(N)CC2)O1. The molecule has 0 aromatic rings. The summed E-state index contributed by atoms with van der Waals surface area (Å²) in [5, 5.41) is 0. The van der Waals surface area contributed by atoms with Gasteiger partial charge in [-0.25, -0.2) is 0 Å². The first-order valence-corrected chi connectivity index (χ1v) is 5.86. The van der Waals surface area contributed by atoms with E-state index in [1.807, 2.05) is 11.8 Å². The number of rotatable bonds is 1. The predicted octanol–water partition coefficient (Wildman–Crippen LogP) is 0.504. The average Bonchev–Trinajstić information content (AvgIpc) is 2.65. The van der Waals surface area contributed by atoms with Gasteiger partial charge in [0, 0.05) is 19.1 Å². The van der Waals surface area contributed by atoms with Gasteiger partial charge in [0.15, 0.2) is 0 Å². The summed E-state index contributed by atoms with van der Waals surface area (Å²) in [7, 11) is 0. The molecule has 0 radical (unpaired) electrons. The highest BCUT2D eigenvalue weighted by Gasteiger charge is 2.32. The second kappa shape index (κ2) is 4.49. The normalized spacial score (nSPS) is 33.3. The van der Waals surface area contributed by atoms with Crippen LogP contribution in [-0.2, 0) is 9.53 Å². The van der Waals surface area contributed by atoms with Crippen LogP contribution in [0, 0.1) is 0 Å². The Hall–Kier alpha value is -0.610. The summed E-state index contributed by atoms with van der Waals surface area (Å²) in [4.78, 5) is 13.9. The molecule has 0 aromatic heterocycles. The molecular formula is C11H20N2O2. The van der Waals surface area contributed by atoms with Gasteiger partial charge in [-0.2, -0.15) is 0 Å². The smallest absolute Gasteiger partial charge is 0.251 e. The highest BCUT2D eigenvalue weighted by Crippen LogP contribution is 2.22. The van der Waals surface area contributed by atoms with Crippen molar-refractivity contribution in [2.45, 2.75) is 50.9 Å². The van der Waals surface area contributed by atoms with Crippen molar-refractivity contribution >= 4 is 5.91 Å². The largest absolute Gasteiger partial charge is 0.365 e. The van der Waals surface area contributed by atoms with Crippen LogP contribution < -0.4 is 5.73 Å². The van der Waals surface area contributed by atoms with Crippen molar-refractivity contribution in [3.63, 3.8) is 0 Å². The van der Waals surface area contributed by atoms with Gasteiger partial charge in [0.05, 0.1) is 6.10 Å². The van der Waals surface area contributed by atoms with Crippen LogP contribution in [0.2, 0.25) is 0 Å². The van der Waals surface area contributed by atoms with Crippen LogP contribution in [0.5, 0.6) is 0 Å². The van der Waals surface area contributed by atoms with Gasteiger partial charge in [0.1, 0.15) is 6.10 Å². The van der Waals surface area contributed by atoms with E-state index in [0.717, 1.165) is 38.8 Å². The van der Waals surface area contributed by atoms with Crippen LogP contribution in [0.4, 0.5) is 0 Å². The van der Waals surface area contributed by atoms with Gasteiger partial charge in [-0.15, -0.1) is 0 Å². The van der Waals surface area contributed by atoms with Gasteiger partial charge in [0.2, 0.25) is 0 Å². The fourth-order valence-corrected chi connectivity index (χ4v) is 2.31. The maximum absolute atomic E-state index is 12.0. The maximum Gasteiger partial charge on any atom is 0.251 e. The molecule has 2 fully saturated rings. The van der Waals surface area contributed by atoms with Crippen molar-refractivity contribution < 1.29 is 9.53 Å². The van der Waals surface area contributed by atoms with Gasteiger partial charge in [-0.05, 0) is 32.6 Å². The van der Waals surface area contributed by atoms with Crippen molar-refractivity contribution in [3.05, 3.63) is 0 Å². The van der Waals surface area contributed by atoms with E-state index in [-0.39, 0.29) is 24.2 Å². The Kier molecular flexibility index (Phi) is 3.26. The number of piperidine rings is 1. The van der Waals surface area contributed by atoms with Gasteiger partial charge >= 0.3 is 0 Å². The van der Waals surface area contributed by atoms with Crippen molar-refractivity contribution in [2.75, 3.05) is 13.1 Å². The third-order valence-electron chi connectivity index (χ3n) is 3.36. The molecule has 2 aliphatic rings. The predicted molar refractivity (Wildman–Crippen MR) is 57.4 cm³/mol. The zero-order valence-electron chi connectivity index (χ0n) is 9.32. The Morgan fingerprint density at radius 2 is 1.93 bits per heavy atom. The molecule has 86 valence electrons. The molecular weight excluding hydrogens is 192 g/mol. The van der Waals surface area contributed by atoms with Crippen LogP contribution in [0.15, 0.2) is 0 Å². The monoisotopic (exact) mass is 212 g/mol. The number of carbonyl (C=O) groups excluding carboxylic acids is 1. The van der Waals surface area contributed by atoms with Crippen molar-refractivity contribution in [2.24, 2.45) is 5.73 Å². The molecule has 0 aromatic carbocycles. The molecule has 2 atom stereocenters. The Balaban J connectivity index is 1.85. The van der Waals surface area contributed by atoms with E-state index in [4.69, 9.17) is 10.5 Å². The summed E-state index contributed by atoms with van der Waals surface area (Å²) in [6.45, 7) is 3.63. The van der Waals surface area contributed by atoms with Gasteiger partial charge in [0.25, 0.3) is 5.91 Å². The number of carbonyl (C=O) groups is 1. The summed E-state index contributed by atoms with van der Waals surface area (Å²) in [5.74, 6) is 0.172. The Bertz CT molecular complexity index is 237. The van der Waals surface area contributed by atoms with Crippen LogP contribution in [0.1, 0.15) is 32.6 Å². The van der Waals surface area contributed by atoms with E-state index < -0.39 is 0 Å². The molecule has 2 aliphatic heterocycles. The van der Waals surface area contributed by atoms with E-state index in [9.17, 15) is 4.79 Å². The quantitative estimate of drug-likeness (QED) is 0.688. The molecule has 2 rings (SSSR count). The van der Waals surface area contributed by atoms with E-state index in [2.05, 4.69) is 0 Å². The van der Waals surface area contributed by atoms with Gasteiger partial charge in [-0.1, -0.05) is 0 Å². The second-order valence-corrected chi connectivity index (χ2v) is 4.68. The number of likely N-dealkylation sites (tertiary alicyclic amines) is 1. The molecule has 2 heterocycles. The van der Waals surface area contributed by atoms with Crippen molar-refractivity contribution in [1.29, 1.82) is 0 Å². The van der Waals surface area contributed by atoms with Crippen LogP contribution in [0.3, 0.4) is 0 Å². The van der Waals surface area contributed by atoms with Crippen molar-refractivity contribution in [3.8, 4) is 0 Å². The lowest BCUT2D eigenvalue weighted by Crippen LogP contribution is -2.46. The lowest BCUT2D eigenvalue weighted by molar-refractivity contribution is -0.143. The standard InChI is InChI=1S/C11H20N2O2/c1-8-2-3-10(15-8)11(14)13-6-4-9(12)5-7-13/h8-10H,2-7,12H2,1H3. The summed E-state index contributed by atoms with van der Waals surface area (Å²) >= 11 is 0. The highest BCUT2D eigenvalue weighted by molar-refractivity contribution is 5.81. The second-order valence-electron chi connectivity index (χ2n) is 4.68. The molecule has 0 saturated carbocycles. The molecule has 0 aliphatic carbocycles. The minimum atomic E-state index is -0.186. The molecule has 2 N–H and O–H groups in total. The number of nitrogens with zero attached hydrogens (tertiary/aromatic N) is 1. The van der Waals surface area contributed by atoms with Crippen molar-refractivity contribution in [1.82, 2.24) is 4.90 Å². The third kappa shape index (κ3) is 2.49. The van der Waals surface area contributed by atoms with Gasteiger partial charge in [-0.3, -0.25) is 4.79 Å². The van der Waals surface area contributed by atoms with E-state index in [1.54, 1.807) is 0 Å². The number of nitrogens with two attached hydrogens (primary N) is 1. The first-order valence-electron chi connectivity index (χ1n) is 5.86. The number of amides is 1. The van der Waals surface area contributed by atoms with Crippen LogP contribution in [0.25, 0.3) is 0 Å². The number of hydrogen-bond acceptors (Lipinski definition) is 3. The average molecular weight is 212 g/mol. The van der Waals surface area contributed by atoms with E-state index >= 15 is 0 Å². The number of hydrogen-bond donors (Lipinski definition) is 1. The first kappa shape index (κ1) is 10.9. The zero-order valence-corrected chi connectivity index (χ0v) is 9.32. The molecule has 2 unspecified atom stereocenters. The summed E-state index contributed by atoms with van der Waals surface area (Å²) < 4.78 is 5.58. The minimum absolute atomic E-state index is 0.172. The molecule has 0 spiro atoms. The molecule has 2 saturated heterocycles. The third-order valence-corrected chi connectivity index (χ3v) is 3.36. The molecule has 15 heavy (non-hydrogen) atoms. The fourth-order valence-electron chi connectivity index (χ4n) is 2.31. The molecule has 0 bridgehead atoms. The lowest BCUT2D eigenvalue weighted by atomic mass is 10.1. The topological polar surface area (TPSA) is 55.6 Å². The van der Waals surface area contributed by atoms with E-state index in [1.165, 1.54) is 0 Å². The fraction of sp³-hybridized carbons (Fsp3) is 0.909. The molecule has 4 nitrogen and oxygen atoms in total. The number of ether oxygens (including phenoxy) is 1. The van der Waals surface area contributed by atoms with Crippen LogP contribution in [-0.4, -0.2) is 42.1 Å². The van der Waals surface area contributed by atoms with Gasteiger partial charge < -0.3 is 15.4 Å². The first-order chi connectivity index (χ1) is 7.16. The summed E-state index contributed by atoms with van der Waals surface area (Å²) in [5.41, 5.74) is 5.80. The Labute approximate surface area is 90.8 Å². The Morgan fingerprint density at radius 1 is 1.27 bits per heavy atom. The Morgan fingerprint density at radius 3 is 2.47 bits per heavy atom. The highest BCUT2D eigenvalue weighted by atomic mass is 16.5. The molecule has 4 heteroatoms. The maximum atomic E-state index is 12.0. The van der Waals surface area contributed by atoms with Crippen LogP contribution >= 0.6 is 0 Å². The summed E-state index contributed by atoms with van der Waals surface area (Å²) in [6.07, 6.45) is 3.79. The minimum Gasteiger partial charge on any atom is -0.365 e. The zero-order chi connectivity index (χ0) is 10.8. The lowest BCUT2D eigenvalue weighted by Gasteiger charge is -2.31. The molecule has 1 amide bonds. The van der Waals surface area contributed by atoms with E-state index in [0.29, 0.717) is 0 Å². The summed E-state index contributed by atoms with van der Waals surface area (Å²) in [6, 6.07) is 0.275.